The summed E-state index contributed by atoms with van der Waals surface area (Å²) in [6.07, 6.45) is 2.02. The lowest BCUT2D eigenvalue weighted by Crippen LogP contribution is -1.95. The molecule has 0 rings (SSSR count). The highest BCUT2D eigenvalue weighted by Gasteiger charge is 1.86. The Morgan fingerprint density at radius 3 is 2.22 bits per heavy atom. The molecule has 3 nitrogen and oxygen atoms in total. The molecule has 0 atom stereocenters. The second kappa shape index (κ2) is 7.88. The average Bonchev–Trinajstić information content (AvgIpc) is 1.89. The van der Waals surface area contributed by atoms with Gasteiger partial charge in [-0.2, -0.15) is 0 Å². The number of hydrogen-bond acceptors (Lipinski definition) is 3. The van der Waals surface area contributed by atoms with Crippen LogP contribution in [0.1, 0.15) is 12.8 Å². The number of ether oxygens (including phenoxy) is 1. The second-order valence-electron chi connectivity index (χ2n) is 1.69. The molecule has 0 radical (unpaired) electrons. The van der Waals surface area contributed by atoms with Crippen molar-refractivity contribution in [1.29, 1.82) is 0 Å². The van der Waals surface area contributed by atoms with Crippen molar-refractivity contribution in [3.8, 4) is 0 Å². The van der Waals surface area contributed by atoms with Crippen molar-refractivity contribution in [3.05, 3.63) is 0 Å². The van der Waals surface area contributed by atoms with Gasteiger partial charge < -0.3 is 4.74 Å². The predicted molar refractivity (Wildman–Crippen MR) is 34.1 cm³/mol. The van der Waals surface area contributed by atoms with Crippen molar-refractivity contribution < 1.29 is 14.5 Å². The third-order valence-electron chi connectivity index (χ3n) is 0.944. The van der Waals surface area contributed by atoms with Gasteiger partial charge in [0.2, 0.25) is 0 Å². The summed E-state index contributed by atoms with van der Waals surface area (Å²) in [5, 5.41) is 0. The van der Waals surface area contributed by atoms with Crippen LogP contribution in [-0.4, -0.2) is 27.4 Å². The highest BCUT2D eigenvalue weighted by atomic mass is 17.2. The zero-order valence-electron chi connectivity index (χ0n) is 6.05. The molecule has 0 aliphatic carbocycles. The smallest absolute Gasteiger partial charge is 0.0823 e. The Balaban J connectivity index is 2.60. The van der Waals surface area contributed by atoms with Crippen molar-refractivity contribution in [1.82, 2.24) is 0 Å². The quantitative estimate of drug-likeness (QED) is 0.308. The fourth-order valence-corrected chi connectivity index (χ4v) is 0.491. The first kappa shape index (κ1) is 8.88. The van der Waals surface area contributed by atoms with Gasteiger partial charge in [-0.3, -0.25) is 0 Å². The first-order chi connectivity index (χ1) is 4.41. The fraction of sp³-hybridized carbons (Fsp3) is 1.00. The molecule has 0 saturated carbocycles. The molecule has 9 heavy (non-hydrogen) atoms. The van der Waals surface area contributed by atoms with Crippen LogP contribution in [0.5, 0.6) is 0 Å². The molecule has 0 spiro atoms. The molecule has 0 saturated heterocycles. The highest BCUT2D eigenvalue weighted by molar-refractivity contribution is 4.33. The summed E-state index contributed by atoms with van der Waals surface area (Å²) in [7, 11) is 3.20. The van der Waals surface area contributed by atoms with Gasteiger partial charge >= 0.3 is 0 Å². The Labute approximate surface area is 55.8 Å². The Hall–Kier alpha value is -0.120. The minimum Gasteiger partial charge on any atom is -0.385 e. The Bertz CT molecular complexity index is 41.6. The first-order valence-corrected chi connectivity index (χ1v) is 3.06. The van der Waals surface area contributed by atoms with Crippen molar-refractivity contribution in [2.24, 2.45) is 0 Å². The summed E-state index contributed by atoms with van der Waals surface area (Å²) in [6.45, 7) is 1.45. The lowest BCUT2D eigenvalue weighted by atomic mass is 10.3. The topological polar surface area (TPSA) is 27.7 Å². The number of unbranched alkanes of at least 4 members (excludes halogenated alkanes) is 1. The summed E-state index contributed by atoms with van der Waals surface area (Å²) in [6, 6.07) is 0. The van der Waals surface area contributed by atoms with E-state index in [4.69, 9.17) is 4.74 Å². The maximum atomic E-state index is 4.83. The van der Waals surface area contributed by atoms with E-state index in [2.05, 4.69) is 9.78 Å². The molecule has 0 fully saturated rings. The SMILES string of the molecule is COCCCCOOC. The van der Waals surface area contributed by atoms with E-state index in [0.29, 0.717) is 6.61 Å². The summed E-state index contributed by atoms with van der Waals surface area (Å²) in [4.78, 5) is 9.01. The van der Waals surface area contributed by atoms with Crippen LogP contribution >= 0.6 is 0 Å². The van der Waals surface area contributed by atoms with Crippen LogP contribution < -0.4 is 0 Å². The second-order valence-corrected chi connectivity index (χ2v) is 1.69. The van der Waals surface area contributed by atoms with E-state index in [0.717, 1.165) is 19.4 Å². The molecular weight excluding hydrogens is 120 g/mol. The Kier molecular flexibility index (Phi) is 7.77. The van der Waals surface area contributed by atoms with Gasteiger partial charge in [-0.25, -0.2) is 9.78 Å². The van der Waals surface area contributed by atoms with E-state index in [1.54, 1.807) is 7.11 Å². The zero-order valence-corrected chi connectivity index (χ0v) is 6.05. The van der Waals surface area contributed by atoms with E-state index >= 15 is 0 Å². The molecule has 0 aromatic carbocycles. The number of methoxy groups -OCH3 is 1. The Morgan fingerprint density at radius 2 is 1.67 bits per heavy atom. The van der Waals surface area contributed by atoms with E-state index in [1.165, 1.54) is 7.11 Å². The number of rotatable bonds is 6. The molecule has 0 aliphatic rings. The minimum absolute atomic E-state index is 0.653. The lowest BCUT2D eigenvalue weighted by molar-refractivity contribution is -0.272. The summed E-state index contributed by atoms with van der Waals surface area (Å²) < 4.78 is 4.83. The molecule has 0 aromatic heterocycles. The summed E-state index contributed by atoms with van der Waals surface area (Å²) in [5.74, 6) is 0. The van der Waals surface area contributed by atoms with E-state index in [1.807, 2.05) is 0 Å². The van der Waals surface area contributed by atoms with Crippen molar-refractivity contribution in [3.63, 3.8) is 0 Å². The molecule has 3 heteroatoms. The third kappa shape index (κ3) is 7.88. The highest BCUT2D eigenvalue weighted by Crippen LogP contribution is 1.89. The van der Waals surface area contributed by atoms with Gasteiger partial charge in [0, 0.05) is 13.7 Å². The van der Waals surface area contributed by atoms with Crippen LogP contribution in [0.2, 0.25) is 0 Å². The van der Waals surface area contributed by atoms with Gasteiger partial charge in [0.05, 0.1) is 13.7 Å². The van der Waals surface area contributed by atoms with E-state index in [9.17, 15) is 0 Å². The maximum Gasteiger partial charge on any atom is 0.0823 e. The molecular formula is C6H14O3. The molecule has 0 heterocycles. The van der Waals surface area contributed by atoms with Gasteiger partial charge in [0.25, 0.3) is 0 Å². The molecule has 0 N–H and O–H groups in total. The predicted octanol–water partition coefficient (Wildman–Crippen LogP) is 0.991. The van der Waals surface area contributed by atoms with Crippen LogP contribution in [0.15, 0.2) is 0 Å². The van der Waals surface area contributed by atoms with Gasteiger partial charge in [-0.1, -0.05) is 0 Å². The number of hydrogen-bond donors (Lipinski definition) is 0. The van der Waals surface area contributed by atoms with Crippen LogP contribution in [-0.2, 0) is 14.5 Å². The maximum absolute atomic E-state index is 4.83. The van der Waals surface area contributed by atoms with Crippen LogP contribution in [0.25, 0.3) is 0 Å². The largest absolute Gasteiger partial charge is 0.385 e. The van der Waals surface area contributed by atoms with Gasteiger partial charge in [-0.05, 0) is 12.8 Å². The van der Waals surface area contributed by atoms with Crippen molar-refractivity contribution in [2.45, 2.75) is 12.8 Å². The lowest BCUT2D eigenvalue weighted by Gasteiger charge is -1.98. The molecule has 0 aliphatic heterocycles. The molecule has 0 unspecified atom stereocenters. The molecule has 0 bridgehead atoms. The van der Waals surface area contributed by atoms with Crippen molar-refractivity contribution >= 4 is 0 Å². The van der Waals surface area contributed by atoms with Gasteiger partial charge in [0.15, 0.2) is 0 Å². The summed E-state index contributed by atoms with van der Waals surface area (Å²) in [5.41, 5.74) is 0. The Morgan fingerprint density at radius 1 is 1.00 bits per heavy atom. The molecule has 56 valence electrons. The summed E-state index contributed by atoms with van der Waals surface area (Å²) >= 11 is 0. The van der Waals surface area contributed by atoms with Crippen molar-refractivity contribution in [2.75, 3.05) is 27.4 Å². The van der Waals surface area contributed by atoms with Crippen LogP contribution in [0, 0.1) is 0 Å². The van der Waals surface area contributed by atoms with E-state index in [-0.39, 0.29) is 0 Å². The fourth-order valence-electron chi connectivity index (χ4n) is 0.491. The van der Waals surface area contributed by atoms with Gasteiger partial charge in [0.1, 0.15) is 0 Å². The normalized spacial score (nSPS) is 10.0. The van der Waals surface area contributed by atoms with Crippen LogP contribution in [0.4, 0.5) is 0 Å². The van der Waals surface area contributed by atoms with E-state index < -0.39 is 0 Å². The molecule has 0 amide bonds. The minimum atomic E-state index is 0.653. The zero-order chi connectivity index (χ0) is 6.95. The monoisotopic (exact) mass is 134 g/mol. The average molecular weight is 134 g/mol. The molecule has 0 aromatic rings. The standard InChI is InChI=1S/C6H14O3/c1-7-5-3-4-6-9-8-2/h3-6H2,1-2H3. The first-order valence-electron chi connectivity index (χ1n) is 3.06. The van der Waals surface area contributed by atoms with Crippen LogP contribution in [0.3, 0.4) is 0 Å². The van der Waals surface area contributed by atoms with Gasteiger partial charge in [-0.15, -0.1) is 0 Å². The third-order valence-corrected chi connectivity index (χ3v) is 0.944.